The number of nitrogens with zero attached hydrogens (tertiary/aromatic N) is 2. The number of phenolic OH excluding ortho intramolecular Hbond substituents is 1. The van der Waals surface area contributed by atoms with E-state index in [1.165, 1.54) is 56.3 Å². The third kappa shape index (κ3) is 2.50. The predicted octanol–water partition coefficient (Wildman–Crippen LogP) is 5.00. The number of benzene rings is 2. The van der Waals surface area contributed by atoms with Crippen LogP contribution in [0.4, 0.5) is 0 Å². The molecule has 2 heterocycles. The van der Waals surface area contributed by atoms with Gasteiger partial charge in [-0.2, -0.15) is 0 Å². The smallest absolute Gasteiger partial charge is 0.254 e. The lowest BCUT2D eigenvalue weighted by Gasteiger charge is -2.66. The van der Waals surface area contributed by atoms with E-state index in [-0.39, 0.29) is 17.4 Å². The molecule has 5 fully saturated rings. The van der Waals surface area contributed by atoms with E-state index in [9.17, 15) is 9.90 Å². The van der Waals surface area contributed by atoms with Gasteiger partial charge in [-0.25, -0.2) is 0 Å². The van der Waals surface area contributed by atoms with Gasteiger partial charge in [0, 0.05) is 35.6 Å². The van der Waals surface area contributed by atoms with Crippen LogP contribution < -0.4 is 0 Å². The maximum absolute atomic E-state index is 13.9. The number of likely N-dealkylation sites (tertiary alicyclic amines) is 2. The number of hydrogen-bond donors (Lipinski definition) is 1. The summed E-state index contributed by atoms with van der Waals surface area (Å²) in [5, 5.41) is 10.7. The van der Waals surface area contributed by atoms with Crippen molar-refractivity contribution in [3.8, 4) is 5.75 Å². The molecule has 2 aliphatic heterocycles. The second-order valence-electron chi connectivity index (χ2n) is 12.7. The molecule has 6 aliphatic rings. The number of fused-ring (bicyclic) bond motifs is 1. The van der Waals surface area contributed by atoms with Gasteiger partial charge in [-0.1, -0.05) is 24.3 Å². The van der Waals surface area contributed by atoms with Crippen LogP contribution in [-0.2, 0) is 11.8 Å². The minimum atomic E-state index is 0.0948. The summed E-state index contributed by atoms with van der Waals surface area (Å²) in [6.07, 6.45) is 8.73. The monoisotopic (exact) mass is 468 g/mol. The van der Waals surface area contributed by atoms with E-state index in [0.29, 0.717) is 35.1 Å². The summed E-state index contributed by atoms with van der Waals surface area (Å²) in [4.78, 5) is 19.1. The Kier molecular flexibility index (Phi) is 4.11. The van der Waals surface area contributed by atoms with Crippen molar-refractivity contribution in [1.29, 1.82) is 0 Å². The Balaban J connectivity index is 1.27. The molecule has 4 heteroatoms. The number of piperidine rings is 1. The minimum Gasteiger partial charge on any atom is -0.508 e. The molecule has 0 spiro atoms. The number of phenols is 1. The summed E-state index contributed by atoms with van der Waals surface area (Å²) in [5.41, 5.74) is 4.12. The molecule has 1 amide bonds. The van der Waals surface area contributed by atoms with Gasteiger partial charge >= 0.3 is 0 Å². The fourth-order valence-electron chi connectivity index (χ4n) is 10.3. The van der Waals surface area contributed by atoms with Crippen LogP contribution in [-0.4, -0.2) is 52.0 Å². The Labute approximate surface area is 208 Å². The quantitative estimate of drug-likeness (QED) is 0.690. The molecule has 182 valence electrons. The molecule has 2 aromatic carbocycles. The van der Waals surface area contributed by atoms with E-state index in [2.05, 4.69) is 28.9 Å². The van der Waals surface area contributed by atoms with Crippen LogP contribution in [0.5, 0.6) is 5.75 Å². The molecule has 0 aromatic heterocycles. The minimum absolute atomic E-state index is 0.0948. The normalized spacial score (nSPS) is 40.9. The van der Waals surface area contributed by atoms with Gasteiger partial charge in [-0.05, 0) is 117 Å². The molecule has 0 unspecified atom stereocenters. The van der Waals surface area contributed by atoms with E-state index < -0.39 is 0 Å². The first-order valence-electron chi connectivity index (χ1n) is 14.0. The number of hydrogen-bond acceptors (Lipinski definition) is 3. The Morgan fingerprint density at radius 1 is 1.09 bits per heavy atom. The Hall–Kier alpha value is -2.33. The first-order chi connectivity index (χ1) is 17.0. The maximum atomic E-state index is 13.9. The van der Waals surface area contributed by atoms with Gasteiger partial charge in [0.15, 0.2) is 0 Å². The zero-order valence-electron chi connectivity index (χ0n) is 20.7. The van der Waals surface area contributed by atoms with Crippen molar-refractivity contribution in [2.75, 3.05) is 13.1 Å². The highest BCUT2D eigenvalue weighted by Crippen LogP contribution is 2.76. The number of carbonyl (C=O) groups excluding carboxylic acids is 1. The van der Waals surface area contributed by atoms with Crippen LogP contribution >= 0.6 is 0 Å². The van der Waals surface area contributed by atoms with Crippen molar-refractivity contribution in [1.82, 2.24) is 9.80 Å². The Morgan fingerprint density at radius 3 is 2.71 bits per heavy atom. The fourth-order valence-corrected chi connectivity index (χ4v) is 10.3. The largest absolute Gasteiger partial charge is 0.508 e. The molecule has 7 atom stereocenters. The van der Waals surface area contributed by atoms with Crippen molar-refractivity contribution < 1.29 is 9.90 Å². The molecular formula is C31H36N2O2. The van der Waals surface area contributed by atoms with Crippen LogP contribution in [0.15, 0.2) is 48.5 Å². The van der Waals surface area contributed by atoms with Gasteiger partial charge in [0.25, 0.3) is 5.91 Å². The molecule has 8 rings (SSSR count). The van der Waals surface area contributed by atoms with E-state index in [0.717, 1.165) is 24.3 Å². The highest BCUT2D eigenvalue weighted by Gasteiger charge is 2.77. The Morgan fingerprint density at radius 2 is 1.91 bits per heavy atom. The van der Waals surface area contributed by atoms with Crippen molar-refractivity contribution in [2.24, 2.45) is 23.2 Å². The summed E-state index contributed by atoms with van der Waals surface area (Å²) in [7, 11) is 0. The second kappa shape index (κ2) is 6.91. The van der Waals surface area contributed by atoms with Gasteiger partial charge in [-0.3, -0.25) is 9.69 Å². The van der Waals surface area contributed by atoms with E-state index in [1.54, 1.807) is 0 Å². The van der Waals surface area contributed by atoms with E-state index in [1.807, 2.05) is 36.4 Å². The van der Waals surface area contributed by atoms with Gasteiger partial charge in [-0.15, -0.1) is 0 Å². The highest BCUT2D eigenvalue weighted by molar-refractivity contribution is 5.95. The van der Waals surface area contributed by atoms with Crippen LogP contribution in [0.1, 0.15) is 66.9 Å². The van der Waals surface area contributed by atoms with E-state index >= 15 is 0 Å². The van der Waals surface area contributed by atoms with Gasteiger partial charge in [0.1, 0.15) is 5.75 Å². The molecule has 0 radical (unpaired) electrons. The van der Waals surface area contributed by atoms with Gasteiger partial charge < -0.3 is 10.0 Å². The predicted molar refractivity (Wildman–Crippen MR) is 135 cm³/mol. The molecule has 3 saturated carbocycles. The molecule has 4 aliphatic carbocycles. The summed E-state index contributed by atoms with van der Waals surface area (Å²) in [6.45, 7) is 4.79. The van der Waals surface area contributed by atoms with Gasteiger partial charge in [0.05, 0.1) is 0 Å². The SMILES string of the molecule is C[C@H]1[C@H]2C[C@@]34CC[C@H]([C@@H]2[C@]32CCN(CC3CC3)[C@@H]4Cc3ccc(O)cc32)N1C(=O)c1ccccc1. The lowest BCUT2D eigenvalue weighted by atomic mass is 9.43. The number of carbonyl (C=O) groups is 1. The molecule has 35 heavy (non-hydrogen) atoms. The number of aromatic hydroxyl groups is 1. The summed E-state index contributed by atoms with van der Waals surface area (Å²) in [6, 6.07) is 17.4. The first kappa shape index (κ1) is 20.8. The Bertz CT molecular complexity index is 1210. The van der Waals surface area contributed by atoms with Crippen molar-refractivity contribution in [3.63, 3.8) is 0 Å². The van der Waals surface area contributed by atoms with Gasteiger partial charge in [0.2, 0.25) is 0 Å². The lowest BCUT2D eigenvalue weighted by molar-refractivity contribution is -0.103. The molecular weight excluding hydrogens is 432 g/mol. The average molecular weight is 469 g/mol. The highest BCUT2D eigenvalue weighted by atomic mass is 16.3. The third-order valence-electron chi connectivity index (χ3n) is 11.5. The molecule has 2 aromatic rings. The summed E-state index contributed by atoms with van der Waals surface area (Å²) < 4.78 is 0. The lowest BCUT2D eigenvalue weighted by Crippen LogP contribution is -2.70. The van der Waals surface area contributed by atoms with Crippen LogP contribution in [0.3, 0.4) is 0 Å². The van der Waals surface area contributed by atoms with Crippen LogP contribution in [0.2, 0.25) is 0 Å². The number of rotatable bonds is 3. The summed E-state index contributed by atoms with van der Waals surface area (Å²) >= 11 is 0. The van der Waals surface area contributed by atoms with E-state index in [4.69, 9.17) is 0 Å². The summed E-state index contributed by atoms with van der Waals surface area (Å²) in [5.74, 6) is 2.60. The van der Waals surface area contributed by atoms with Crippen LogP contribution in [0, 0.1) is 23.2 Å². The first-order valence-corrected chi connectivity index (χ1v) is 14.0. The molecule has 1 N–H and O–H groups in total. The van der Waals surface area contributed by atoms with Crippen molar-refractivity contribution in [2.45, 2.75) is 75.4 Å². The van der Waals surface area contributed by atoms with Crippen molar-refractivity contribution in [3.05, 3.63) is 65.2 Å². The zero-order valence-corrected chi connectivity index (χ0v) is 20.7. The fraction of sp³-hybridized carbons (Fsp3) is 0.581. The maximum Gasteiger partial charge on any atom is 0.254 e. The second-order valence-corrected chi connectivity index (χ2v) is 12.7. The standard InChI is InChI=1S/C31H36N2O2/c1-19-24-17-30-12-11-26(33(19)29(35)21-5-3-2-4-6-21)28(24)31(30)13-14-32(18-20-7-8-20)27(30)15-22-9-10-23(34)16-25(22)31/h2-6,9-10,16,19-20,24,26-28,34H,7-8,11-15,17-18H2,1H3/t19-,24+,26+,27+,28+,30+,31+/m0/s1. The van der Waals surface area contributed by atoms with Crippen LogP contribution in [0.25, 0.3) is 0 Å². The molecule has 4 nitrogen and oxygen atoms in total. The van der Waals surface area contributed by atoms with Crippen molar-refractivity contribution >= 4 is 5.91 Å². The topological polar surface area (TPSA) is 43.8 Å². The number of amides is 1. The molecule has 2 saturated heterocycles. The average Bonchev–Trinajstić information content (AvgIpc) is 3.60. The third-order valence-corrected chi connectivity index (χ3v) is 11.5. The molecule has 4 bridgehead atoms. The zero-order chi connectivity index (χ0) is 23.5.